The first-order chi connectivity index (χ1) is 7.50. The van der Waals surface area contributed by atoms with Crippen LogP contribution in [0.3, 0.4) is 0 Å². The van der Waals surface area contributed by atoms with Gasteiger partial charge in [-0.25, -0.2) is 0 Å². The van der Waals surface area contributed by atoms with E-state index in [-0.39, 0.29) is 5.75 Å². The lowest BCUT2D eigenvalue weighted by Crippen LogP contribution is -2.06. The fourth-order valence-corrected chi connectivity index (χ4v) is 3.07. The van der Waals surface area contributed by atoms with E-state index < -0.39 is 11.9 Å². The lowest BCUT2D eigenvalue weighted by atomic mass is 10.0. The number of aromatic hydroxyl groups is 1. The molecule has 0 fully saturated rings. The maximum absolute atomic E-state index is 10.9. The van der Waals surface area contributed by atoms with Gasteiger partial charge >= 0.3 is 5.97 Å². The number of hydrogen-bond donors (Lipinski definition) is 2. The molecule has 0 spiro atoms. The molecule has 2 N–H and O–H groups in total. The van der Waals surface area contributed by atoms with Crippen LogP contribution >= 0.6 is 22.9 Å². The highest BCUT2D eigenvalue weighted by atomic mass is 35.5. The molecule has 0 bridgehead atoms. The Labute approximate surface area is 101 Å². The minimum absolute atomic E-state index is 0.0916. The Kier molecular flexibility index (Phi) is 2.78. The molecule has 1 aromatic carbocycles. The second-order valence-electron chi connectivity index (χ2n) is 3.55. The Morgan fingerprint density at radius 1 is 1.50 bits per heavy atom. The molecule has 16 heavy (non-hydrogen) atoms. The van der Waals surface area contributed by atoms with Gasteiger partial charge in [-0.05, 0) is 30.0 Å². The summed E-state index contributed by atoms with van der Waals surface area (Å²) in [6, 6.07) is 3.01. The summed E-state index contributed by atoms with van der Waals surface area (Å²) < 4.78 is 0.799. The first kappa shape index (κ1) is 11.2. The van der Waals surface area contributed by atoms with E-state index >= 15 is 0 Å². The second-order valence-corrected chi connectivity index (χ2v) is 4.87. The lowest BCUT2D eigenvalue weighted by Gasteiger charge is -2.06. The quantitative estimate of drug-likeness (QED) is 0.865. The number of fused-ring (bicyclic) bond motifs is 1. The van der Waals surface area contributed by atoms with Crippen LogP contribution in [0.1, 0.15) is 18.4 Å². The molecule has 1 atom stereocenters. The number of aliphatic carboxylic acids is 1. The zero-order valence-corrected chi connectivity index (χ0v) is 9.97. The van der Waals surface area contributed by atoms with E-state index in [1.165, 1.54) is 17.4 Å². The van der Waals surface area contributed by atoms with E-state index in [2.05, 4.69) is 0 Å². The van der Waals surface area contributed by atoms with Crippen molar-refractivity contribution in [3.05, 3.63) is 28.1 Å². The van der Waals surface area contributed by atoms with Crippen molar-refractivity contribution in [2.24, 2.45) is 0 Å². The number of benzene rings is 1. The summed E-state index contributed by atoms with van der Waals surface area (Å²) in [6.45, 7) is 1.62. The van der Waals surface area contributed by atoms with Gasteiger partial charge in [0, 0.05) is 10.1 Å². The van der Waals surface area contributed by atoms with Gasteiger partial charge < -0.3 is 10.2 Å². The number of phenolic OH excluding ortho intramolecular Hbond substituents is 1. The zero-order chi connectivity index (χ0) is 11.9. The lowest BCUT2D eigenvalue weighted by molar-refractivity contribution is -0.138. The van der Waals surface area contributed by atoms with Crippen LogP contribution in [0.2, 0.25) is 5.02 Å². The van der Waals surface area contributed by atoms with Gasteiger partial charge in [-0.15, -0.1) is 11.3 Å². The van der Waals surface area contributed by atoms with Gasteiger partial charge in [-0.1, -0.05) is 11.6 Å². The van der Waals surface area contributed by atoms with Gasteiger partial charge in [-0.3, -0.25) is 4.79 Å². The smallest absolute Gasteiger partial charge is 0.310 e. The van der Waals surface area contributed by atoms with Crippen molar-refractivity contribution in [1.29, 1.82) is 0 Å². The number of thiophene rings is 1. The maximum Gasteiger partial charge on any atom is 0.310 e. The monoisotopic (exact) mass is 256 g/mol. The number of hydrogen-bond acceptors (Lipinski definition) is 3. The van der Waals surface area contributed by atoms with Crippen LogP contribution < -0.4 is 0 Å². The Balaban J connectivity index is 2.69. The van der Waals surface area contributed by atoms with E-state index in [0.717, 1.165) is 10.1 Å². The van der Waals surface area contributed by atoms with Gasteiger partial charge in [0.1, 0.15) is 5.75 Å². The number of phenols is 1. The van der Waals surface area contributed by atoms with Gasteiger partial charge in [-0.2, -0.15) is 0 Å². The summed E-state index contributed by atoms with van der Waals surface area (Å²) in [5.41, 5.74) is 0.692. The molecule has 2 aromatic rings. The van der Waals surface area contributed by atoms with Crippen LogP contribution in [0, 0.1) is 0 Å². The highest BCUT2D eigenvalue weighted by Gasteiger charge is 2.19. The summed E-state index contributed by atoms with van der Waals surface area (Å²) in [4.78, 5) is 10.9. The molecule has 0 radical (unpaired) electrons. The minimum atomic E-state index is -0.885. The molecule has 2 rings (SSSR count). The highest BCUT2D eigenvalue weighted by Crippen LogP contribution is 2.38. The topological polar surface area (TPSA) is 57.5 Å². The van der Waals surface area contributed by atoms with Crippen LogP contribution in [0.25, 0.3) is 10.1 Å². The van der Waals surface area contributed by atoms with Crippen molar-refractivity contribution < 1.29 is 15.0 Å². The molecule has 0 aliphatic carbocycles. The molecule has 0 aliphatic rings. The number of carboxylic acid groups (broad SMARTS) is 1. The van der Waals surface area contributed by atoms with Gasteiger partial charge in [0.2, 0.25) is 0 Å². The third-order valence-electron chi connectivity index (χ3n) is 2.48. The molecule has 1 aromatic heterocycles. The molecule has 3 nitrogen and oxygen atoms in total. The Morgan fingerprint density at radius 3 is 2.81 bits per heavy atom. The largest absolute Gasteiger partial charge is 0.508 e. The van der Waals surface area contributed by atoms with E-state index in [4.69, 9.17) is 16.7 Å². The van der Waals surface area contributed by atoms with Crippen molar-refractivity contribution in [3.63, 3.8) is 0 Å². The molecular weight excluding hydrogens is 248 g/mol. The second kappa shape index (κ2) is 3.96. The van der Waals surface area contributed by atoms with E-state index in [1.54, 1.807) is 18.4 Å². The van der Waals surface area contributed by atoms with Gasteiger partial charge in [0.25, 0.3) is 0 Å². The Morgan fingerprint density at radius 2 is 2.19 bits per heavy atom. The summed E-state index contributed by atoms with van der Waals surface area (Å²) in [6.07, 6.45) is 0. The van der Waals surface area contributed by atoms with Crippen LogP contribution in [-0.4, -0.2) is 16.2 Å². The molecule has 0 aliphatic heterocycles. The minimum Gasteiger partial charge on any atom is -0.508 e. The molecular formula is C11H9ClO3S. The molecule has 1 unspecified atom stereocenters. The van der Waals surface area contributed by atoms with Crippen molar-refractivity contribution in [3.8, 4) is 5.75 Å². The number of rotatable bonds is 2. The van der Waals surface area contributed by atoms with Crippen LogP contribution in [0.15, 0.2) is 17.5 Å². The van der Waals surface area contributed by atoms with E-state index in [1.807, 2.05) is 0 Å². The predicted molar refractivity (Wildman–Crippen MR) is 64.6 cm³/mol. The van der Waals surface area contributed by atoms with Crippen LogP contribution in [0.4, 0.5) is 0 Å². The molecule has 0 amide bonds. The van der Waals surface area contributed by atoms with Gasteiger partial charge in [0.15, 0.2) is 0 Å². The van der Waals surface area contributed by atoms with Crippen molar-refractivity contribution in [1.82, 2.24) is 0 Å². The average molecular weight is 257 g/mol. The first-order valence-electron chi connectivity index (χ1n) is 4.63. The molecule has 84 valence electrons. The SMILES string of the molecule is CC(C(=O)O)c1csc2cc(O)cc(Cl)c12. The highest BCUT2D eigenvalue weighted by molar-refractivity contribution is 7.17. The van der Waals surface area contributed by atoms with E-state index in [0.29, 0.717) is 10.6 Å². The Hall–Kier alpha value is -1.26. The molecule has 0 saturated carbocycles. The third kappa shape index (κ3) is 1.74. The Bertz CT molecular complexity index is 562. The van der Waals surface area contributed by atoms with Crippen LogP contribution in [-0.2, 0) is 4.79 Å². The zero-order valence-electron chi connectivity index (χ0n) is 8.40. The van der Waals surface area contributed by atoms with Crippen molar-refractivity contribution in [2.45, 2.75) is 12.8 Å². The molecule has 0 saturated heterocycles. The summed E-state index contributed by atoms with van der Waals surface area (Å²) in [5.74, 6) is -1.39. The summed E-state index contributed by atoms with van der Waals surface area (Å²) in [5, 5.41) is 21.2. The molecule has 1 heterocycles. The third-order valence-corrected chi connectivity index (χ3v) is 3.72. The number of carbonyl (C=O) groups is 1. The molecule has 5 heteroatoms. The fourth-order valence-electron chi connectivity index (χ4n) is 1.58. The maximum atomic E-state index is 10.9. The first-order valence-corrected chi connectivity index (χ1v) is 5.89. The van der Waals surface area contributed by atoms with Crippen molar-refractivity contribution >= 4 is 39.0 Å². The predicted octanol–water partition coefficient (Wildman–Crippen LogP) is 3.45. The summed E-state index contributed by atoms with van der Waals surface area (Å²) >= 11 is 7.39. The number of halogens is 1. The summed E-state index contributed by atoms with van der Waals surface area (Å²) in [7, 11) is 0. The standard InChI is InChI=1S/C11H9ClO3S/c1-5(11(14)15)7-4-16-9-3-6(13)2-8(12)10(7)9/h2-5,13H,1H3,(H,14,15). The van der Waals surface area contributed by atoms with Crippen LogP contribution in [0.5, 0.6) is 5.75 Å². The van der Waals surface area contributed by atoms with E-state index in [9.17, 15) is 9.90 Å². The van der Waals surface area contributed by atoms with Gasteiger partial charge in [0.05, 0.1) is 10.9 Å². The fraction of sp³-hybridized carbons (Fsp3) is 0.182. The number of carboxylic acids is 1. The van der Waals surface area contributed by atoms with Crippen molar-refractivity contribution in [2.75, 3.05) is 0 Å². The normalized spacial score (nSPS) is 12.9. The average Bonchev–Trinajstić information content (AvgIpc) is 2.59.